The van der Waals surface area contributed by atoms with Crippen LogP contribution in [0.15, 0.2) is 36.5 Å². The van der Waals surface area contributed by atoms with Crippen molar-refractivity contribution in [2.24, 2.45) is 0 Å². The van der Waals surface area contributed by atoms with Gasteiger partial charge < -0.3 is 9.88 Å². The molecule has 0 saturated heterocycles. The quantitative estimate of drug-likeness (QED) is 0.801. The van der Waals surface area contributed by atoms with Crippen LogP contribution in [-0.2, 0) is 12.7 Å². The summed E-state index contributed by atoms with van der Waals surface area (Å²) in [6, 6.07) is 8.55. The van der Waals surface area contributed by atoms with Crippen molar-refractivity contribution in [3.8, 4) is 0 Å². The standard InChI is InChI=1S/C15H14F3N5/c1-10-21-11-4-2-3-5-12(11)23(10)9-8-20-14-19-7-6-13(22-14)15(16,17)18/h2-7H,8-9H2,1H3,(H,19,20,22). The van der Waals surface area contributed by atoms with Gasteiger partial charge in [0.05, 0.1) is 11.0 Å². The average molecular weight is 321 g/mol. The molecular formula is C15H14F3N5. The maximum absolute atomic E-state index is 12.6. The lowest BCUT2D eigenvalue weighted by Gasteiger charge is -2.10. The molecule has 0 spiro atoms. The summed E-state index contributed by atoms with van der Waals surface area (Å²) in [5.41, 5.74) is 0.913. The molecule has 0 aliphatic carbocycles. The molecule has 0 amide bonds. The number of nitrogens with zero attached hydrogens (tertiary/aromatic N) is 4. The van der Waals surface area contributed by atoms with Gasteiger partial charge in [0.15, 0.2) is 0 Å². The predicted molar refractivity (Wildman–Crippen MR) is 80.0 cm³/mol. The van der Waals surface area contributed by atoms with Gasteiger partial charge in [-0.05, 0) is 25.1 Å². The van der Waals surface area contributed by atoms with Crippen molar-refractivity contribution in [3.05, 3.63) is 48.0 Å². The molecule has 1 aromatic carbocycles. The van der Waals surface area contributed by atoms with E-state index in [1.807, 2.05) is 35.8 Å². The summed E-state index contributed by atoms with van der Waals surface area (Å²) < 4.78 is 39.8. The fraction of sp³-hybridized carbons (Fsp3) is 0.267. The Balaban J connectivity index is 1.71. The number of anilines is 1. The largest absolute Gasteiger partial charge is 0.433 e. The molecule has 0 aliphatic heterocycles. The summed E-state index contributed by atoms with van der Waals surface area (Å²) in [6.45, 7) is 2.83. The molecule has 23 heavy (non-hydrogen) atoms. The van der Waals surface area contributed by atoms with E-state index in [1.165, 1.54) is 0 Å². The lowest BCUT2D eigenvalue weighted by atomic mass is 10.3. The van der Waals surface area contributed by atoms with Gasteiger partial charge in [-0.3, -0.25) is 0 Å². The van der Waals surface area contributed by atoms with Gasteiger partial charge in [0.2, 0.25) is 5.95 Å². The van der Waals surface area contributed by atoms with Crippen LogP contribution in [-0.4, -0.2) is 26.1 Å². The van der Waals surface area contributed by atoms with Gasteiger partial charge in [-0.25, -0.2) is 15.0 Å². The van der Waals surface area contributed by atoms with E-state index in [1.54, 1.807) is 0 Å². The highest BCUT2D eigenvalue weighted by Crippen LogP contribution is 2.27. The van der Waals surface area contributed by atoms with E-state index in [0.29, 0.717) is 13.1 Å². The number of para-hydroxylation sites is 2. The number of nitrogens with one attached hydrogen (secondary N) is 1. The Hall–Kier alpha value is -2.64. The van der Waals surface area contributed by atoms with Crippen LogP contribution in [0.3, 0.4) is 0 Å². The van der Waals surface area contributed by atoms with Gasteiger partial charge in [-0.15, -0.1) is 0 Å². The first-order valence-electron chi connectivity index (χ1n) is 7.01. The number of alkyl halides is 3. The number of hydrogen-bond acceptors (Lipinski definition) is 4. The molecule has 0 atom stereocenters. The second kappa shape index (κ2) is 5.86. The average Bonchev–Trinajstić information content (AvgIpc) is 2.83. The van der Waals surface area contributed by atoms with Crippen molar-refractivity contribution in [3.63, 3.8) is 0 Å². The number of halogens is 3. The van der Waals surface area contributed by atoms with E-state index in [0.717, 1.165) is 29.1 Å². The molecule has 8 heteroatoms. The topological polar surface area (TPSA) is 55.6 Å². The van der Waals surface area contributed by atoms with Gasteiger partial charge in [-0.2, -0.15) is 13.2 Å². The van der Waals surface area contributed by atoms with E-state index in [9.17, 15) is 13.2 Å². The van der Waals surface area contributed by atoms with Crippen LogP contribution < -0.4 is 5.32 Å². The first-order valence-corrected chi connectivity index (χ1v) is 7.01. The first-order chi connectivity index (χ1) is 10.9. The Morgan fingerprint density at radius 3 is 2.70 bits per heavy atom. The minimum Gasteiger partial charge on any atom is -0.352 e. The zero-order chi connectivity index (χ0) is 16.4. The zero-order valence-corrected chi connectivity index (χ0v) is 12.3. The zero-order valence-electron chi connectivity index (χ0n) is 12.3. The maximum atomic E-state index is 12.6. The van der Waals surface area contributed by atoms with Crippen LogP contribution in [0.25, 0.3) is 11.0 Å². The van der Waals surface area contributed by atoms with Crippen LogP contribution in [0.2, 0.25) is 0 Å². The number of aromatic nitrogens is 4. The summed E-state index contributed by atoms with van der Waals surface area (Å²) in [6.07, 6.45) is -3.38. The molecular weight excluding hydrogens is 307 g/mol. The van der Waals surface area contributed by atoms with Crippen molar-refractivity contribution in [1.29, 1.82) is 0 Å². The SMILES string of the molecule is Cc1nc2ccccc2n1CCNc1nccc(C(F)(F)F)n1. The molecule has 3 aromatic rings. The normalized spacial score (nSPS) is 11.8. The highest BCUT2D eigenvalue weighted by atomic mass is 19.4. The molecule has 0 radical (unpaired) electrons. The van der Waals surface area contributed by atoms with Gasteiger partial charge in [0, 0.05) is 19.3 Å². The summed E-state index contributed by atoms with van der Waals surface area (Å²) in [7, 11) is 0. The van der Waals surface area contributed by atoms with Crippen molar-refractivity contribution in [1.82, 2.24) is 19.5 Å². The van der Waals surface area contributed by atoms with Gasteiger partial charge in [0.25, 0.3) is 0 Å². The Morgan fingerprint density at radius 2 is 1.91 bits per heavy atom. The highest BCUT2D eigenvalue weighted by Gasteiger charge is 2.32. The van der Waals surface area contributed by atoms with Gasteiger partial charge in [-0.1, -0.05) is 12.1 Å². The third-order valence-electron chi connectivity index (χ3n) is 3.41. The van der Waals surface area contributed by atoms with E-state index in [4.69, 9.17) is 0 Å². The van der Waals surface area contributed by atoms with Gasteiger partial charge >= 0.3 is 6.18 Å². The third-order valence-corrected chi connectivity index (χ3v) is 3.41. The molecule has 0 bridgehead atoms. The lowest BCUT2D eigenvalue weighted by Crippen LogP contribution is -2.15. The van der Waals surface area contributed by atoms with Crippen LogP contribution in [0.5, 0.6) is 0 Å². The number of imidazole rings is 1. The Kier molecular flexibility index (Phi) is 3.89. The van der Waals surface area contributed by atoms with Gasteiger partial charge in [0.1, 0.15) is 11.5 Å². The van der Waals surface area contributed by atoms with Crippen LogP contribution in [0, 0.1) is 6.92 Å². The fourth-order valence-electron chi connectivity index (χ4n) is 2.36. The summed E-state index contributed by atoms with van der Waals surface area (Å²) in [4.78, 5) is 11.7. The lowest BCUT2D eigenvalue weighted by molar-refractivity contribution is -0.141. The molecule has 0 saturated carbocycles. The van der Waals surface area contributed by atoms with Crippen molar-refractivity contribution in [2.75, 3.05) is 11.9 Å². The Labute approximate surface area is 130 Å². The molecule has 5 nitrogen and oxygen atoms in total. The minimum atomic E-state index is -4.48. The molecule has 120 valence electrons. The summed E-state index contributed by atoms with van der Waals surface area (Å²) >= 11 is 0. The number of benzene rings is 1. The smallest absolute Gasteiger partial charge is 0.352 e. The van der Waals surface area contributed by atoms with Crippen molar-refractivity contribution < 1.29 is 13.2 Å². The van der Waals surface area contributed by atoms with E-state index in [-0.39, 0.29) is 5.95 Å². The third kappa shape index (κ3) is 3.25. The summed E-state index contributed by atoms with van der Waals surface area (Å²) in [5.74, 6) is 0.805. The molecule has 0 unspecified atom stereocenters. The van der Waals surface area contributed by atoms with Crippen LogP contribution in [0.1, 0.15) is 11.5 Å². The molecule has 0 aliphatic rings. The fourth-order valence-corrected chi connectivity index (χ4v) is 2.36. The predicted octanol–water partition coefficient (Wildman–Crippen LogP) is 3.27. The monoisotopic (exact) mass is 321 g/mol. The van der Waals surface area contributed by atoms with E-state index < -0.39 is 11.9 Å². The highest BCUT2D eigenvalue weighted by molar-refractivity contribution is 5.75. The molecule has 2 heterocycles. The minimum absolute atomic E-state index is 0.0399. The number of aryl methyl sites for hydroxylation is 1. The molecule has 1 N–H and O–H groups in total. The van der Waals surface area contributed by atoms with Crippen LogP contribution in [0.4, 0.5) is 19.1 Å². The Morgan fingerprint density at radius 1 is 1.13 bits per heavy atom. The molecule has 0 fully saturated rings. The van der Waals surface area contributed by atoms with E-state index in [2.05, 4.69) is 20.3 Å². The van der Waals surface area contributed by atoms with Crippen molar-refractivity contribution >= 4 is 17.0 Å². The number of hydrogen-bond donors (Lipinski definition) is 1. The first kappa shape index (κ1) is 15.3. The number of rotatable bonds is 4. The maximum Gasteiger partial charge on any atom is 0.433 e. The molecule has 3 rings (SSSR count). The second-order valence-electron chi connectivity index (χ2n) is 4.99. The second-order valence-corrected chi connectivity index (χ2v) is 4.99. The summed E-state index contributed by atoms with van der Waals surface area (Å²) in [5, 5.41) is 2.82. The molecule has 2 aromatic heterocycles. The number of fused-ring (bicyclic) bond motifs is 1. The van der Waals surface area contributed by atoms with Crippen molar-refractivity contribution in [2.45, 2.75) is 19.6 Å². The Bertz CT molecular complexity index is 825. The van der Waals surface area contributed by atoms with E-state index >= 15 is 0 Å². The van der Waals surface area contributed by atoms with Crippen LogP contribution >= 0.6 is 0 Å².